The monoisotopic (exact) mass is 415 g/mol. The lowest BCUT2D eigenvalue weighted by molar-refractivity contribution is -0.136. The number of ketones is 1. The molecular weight excluding hydrogens is 394 g/mol. The summed E-state index contributed by atoms with van der Waals surface area (Å²) in [5, 5.41) is 4.27. The fourth-order valence-electron chi connectivity index (χ4n) is 3.40. The maximum atomic E-state index is 12.4. The largest absolute Gasteiger partial charge is 0.454 e. The second-order valence-corrected chi connectivity index (χ2v) is 7.29. The number of anilines is 1. The second-order valence-electron chi connectivity index (χ2n) is 7.29. The molecular formula is C24H21N3O4. The molecule has 0 unspecified atom stereocenters. The molecule has 1 aliphatic rings. The van der Waals surface area contributed by atoms with Gasteiger partial charge in [0.15, 0.2) is 12.4 Å². The Morgan fingerprint density at radius 2 is 1.97 bits per heavy atom. The number of ether oxygens (including phenoxy) is 1. The summed E-state index contributed by atoms with van der Waals surface area (Å²) in [5.74, 6) is -0.939. The molecule has 3 aromatic rings. The number of benzene rings is 2. The number of carbonyl (C=O) groups excluding carboxylic acids is 3. The SMILES string of the molecule is CN1C(=O)Cc2cc(C(=O)COC(=O)/C=C/c3cnn(Cc4ccccc4)c3)ccc21. The maximum absolute atomic E-state index is 12.4. The van der Waals surface area contributed by atoms with E-state index in [1.807, 2.05) is 36.5 Å². The standard InChI is InChI=1S/C24H21N3O4/c1-26-21-9-8-19(11-20(21)12-23(26)29)22(28)16-31-24(30)10-7-18-13-25-27(15-18)14-17-5-3-2-4-6-17/h2-11,13,15H,12,14,16H2,1H3/b10-7+. The van der Waals surface area contributed by atoms with Gasteiger partial charge in [-0.15, -0.1) is 0 Å². The van der Waals surface area contributed by atoms with Crippen LogP contribution in [0.25, 0.3) is 6.08 Å². The third-order valence-corrected chi connectivity index (χ3v) is 5.08. The Morgan fingerprint density at radius 3 is 2.77 bits per heavy atom. The van der Waals surface area contributed by atoms with Crippen LogP contribution in [0.3, 0.4) is 0 Å². The highest BCUT2D eigenvalue weighted by Gasteiger charge is 2.24. The number of aromatic nitrogens is 2. The highest BCUT2D eigenvalue weighted by Crippen LogP contribution is 2.28. The van der Waals surface area contributed by atoms with Crippen LogP contribution in [0.15, 0.2) is 67.0 Å². The number of esters is 1. The van der Waals surface area contributed by atoms with Crippen molar-refractivity contribution in [1.82, 2.24) is 9.78 Å². The van der Waals surface area contributed by atoms with Crippen LogP contribution in [0.1, 0.15) is 27.0 Å². The molecule has 1 aromatic heterocycles. The number of fused-ring (bicyclic) bond motifs is 1. The number of amides is 1. The minimum atomic E-state index is -0.611. The van der Waals surface area contributed by atoms with E-state index in [-0.39, 0.29) is 24.7 Å². The van der Waals surface area contributed by atoms with Crippen LogP contribution in [0.2, 0.25) is 0 Å². The van der Waals surface area contributed by atoms with E-state index < -0.39 is 5.97 Å². The molecule has 1 aliphatic heterocycles. The van der Waals surface area contributed by atoms with Crippen LogP contribution in [0.5, 0.6) is 0 Å². The second kappa shape index (κ2) is 8.79. The molecule has 0 N–H and O–H groups in total. The van der Waals surface area contributed by atoms with Crippen LogP contribution >= 0.6 is 0 Å². The third-order valence-electron chi connectivity index (χ3n) is 5.08. The van der Waals surface area contributed by atoms with Gasteiger partial charge >= 0.3 is 5.97 Å². The number of likely N-dealkylation sites (N-methyl/N-ethyl adjacent to an activating group) is 1. The minimum absolute atomic E-state index is 0.0109. The third kappa shape index (κ3) is 4.78. The summed E-state index contributed by atoms with van der Waals surface area (Å²) in [5.41, 5.74) is 3.90. The Hall–Kier alpha value is -4.00. The van der Waals surface area contributed by atoms with E-state index >= 15 is 0 Å². The number of hydrogen-bond donors (Lipinski definition) is 0. The zero-order chi connectivity index (χ0) is 21.8. The first kappa shape index (κ1) is 20.3. The average Bonchev–Trinajstić information content (AvgIpc) is 3.34. The maximum Gasteiger partial charge on any atom is 0.331 e. The average molecular weight is 415 g/mol. The molecule has 0 spiro atoms. The number of rotatable bonds is 7. The first-order chi connectivity index (χ1) is 15.0. The molecule has 2 heterocycles. The normalized spacial score (nSPS) is 12.9. The summed E-state index contributed by atoms with van der Waals surface area (Å²) in [6.07, 6.45) is 6.62. The molecule has 2 aromatic carbocycles. The number of Topliss-reactive ketones (excluding diaryl/α,β-unsaturated/α-hetero) is 1. The van der Waals surface area contributed by atoms with E-state index in [9.17, 15) is 14.4 Å². The van der Waals surface area contributed by atoms with Crippen LogP contribution < -0.4 is 4.90 Å². The van der Waals surface area contributed by atoms with Crippen molar-refractivity contribution in [2.75, 3.05) is 18.6 Å². The first-order valence-corrected chi connectivity index (χ1v) is 9.83. The Labute approximate surface area is 179 Å². The van der Waals surface area contributed by atoms with Gasteiger partial charge < -0.3 is 9.64 Å². The molecule has 0 aliphatic carbocycles. The fourth-order valence-corrected chi connectivity index (χ4v) is 3.40. The van der Waals surface area contributed by atoms with Crippen molar-refractivity contribution in [2.45, 2.75) is 13.0 Å². The van der Waals surface area contributed by atoms with Crippen molar-refractivity contribution in [3.05, 3.63) is 89.3 Å². The molecule has 7 heteroatoms. The number of nitrogens with zero attached hydrogens (tertiary/aromatic N) is 3. The van der Waals surface area contributed by atoms with Crippen LogP contribution in [-0.2, 0) is 27.3 Å². The lowest BCUT2D eigenvalue weighted by Crippen LogP contribution is -2.20. The Bertz CT molecular complexity index is 1160. The van der Waals surface area contributed by atoms with Crippen LogP contribution in [0.4, 0.5) is 5.69 Å². The molecule has 156 valence electrons. The summed E-state index contributed by atoms with van der Waals surface area (Å²) >= 11 is 0. The molecule has 7 nitrogen and oxygen atoms in total. The van der Waals surface area contributed by atoms with E-state index in [0.717, 1.165) is 22.4 Å². The Morgan fingerprint density at radius 1 is 1.16 bits per heavy atom. The van der Waals surface area contributed by atoms with Crippen LogP contribution in [-0.4, -0.2) is 41.1 Å². The minimum Gasteiger partial charge on any atom is -0.454 e. The highest BCUT2D eigenvalue weighted by atomic mass is 16.5. The van der Waals surface area contributed by atoms with Gasteiger partial charge in [-0.1, -0.05) is 30.3 Å². The van der Waals surface area contributed by atoms with E-state index in [2.05, 4.69) is 5.10 Å². The van der Waals surface area contributed by atoms with Gasteiger partial charge in [-0.05, 0) is 35.4 Å². The fraction of sp³-hybridized carbons (Fsp3) is 0.167. The topological polar surface area (TPSA) is 81.5 Å². The molecule has 0 atom stereocenters. The van der Waals surface area contributed by atoms with Gasteiger partial charge in [0.25, 0.3) is 0 Å². The zero-order valence-corrected chi connectivity index (χ0v) is 17.0. The molecule has 31 heavy (non-hydrogen) atoms. The lowest BCUT2D eigenvalue weighted by Gasteiger charge is -2.10. The van der Waals surface area contributed by atoms with Crippen molar-refractivity contribution < 1.29 is 19.1 Å². The van der Waals surface area contributed by atoms with Gasteiger partial charge in [0.05, 0.1) is 19.2 Å². The Balaban J connectivity index is 1.29. The first-order valence-electron chi connectivity index (χ1n) is 9.83. The van der Waals surface area contributed by atoms with E-state index in [1.54, 1.807) is 47.1 Å². The van der Waals surface area contributed by atoms with Crippen molar-refractivity contribution in [2.24, 2.45) is 0 Å². The van der Waals surface area contributed by atoms with Gasteiger partial charge in [-0.25, -0.2) is 4.79 Å². The molecule has 1 amide bonds. The molecule has 0 saturated carbocycles. The summed E-state index contributed by atoms with van der Waals surface area (Å²) in [7, 11) is 1.70. The molecule has 0 radical (unpaired) electrons. The zero-order valence-electron chi connectivity index (χ0n) is 17.0. The molecule has 4 rings (SSSR count). The van der Waals surface area contributed by atoms with Gasteiger partial charge in [0.1, 0.15) is 0 Å². The molecule has 0 saturated heterocycles. The van der Waals surface area contributed by atoms with Gasteiger partial charge in [0.2, 0.25) is 5.91 Å². The van der Waals surface area contributed by atoms with Gasteiger partial charge in [-0.3, -0.25) is 14.3 Å². The van der Waals surface area contributed by atoms with Crippen molar-refractivity contribution in [3.8, 4) is 0 Å². The van der Waals surface area contributed by atoms with Crippen molar-refractivity contribution in [1.29, 1.82) is 0 Å². The van der Waals surface area contributed by atoms with E-state index in [1.165, 1.54) is 6.08 Å². The van der Waals surface area contributed by atoms with Gasteiger partial charge in [-0.2, -0.15) is 5.10 Å². The van der Waals surface area contributed by atoms with E-state index in [0.29, 0.717) is 12.1 Å². The highest BCUT2D eigenvalue weighted by molar-refractivity contribution is 6.04. The van der Waals surface area contributed by atoms with Crippen molar-refractivity contribution in [3.63, 3.8) is 0 Å². The summed E-state index contributed by atoms with van der Waals surface area (Å²) in [4.78, 5) is 37.7. The predicted octanol–water partition coefficient (Wildman–Crippen LogP) is 2.89. The summed E-state index contributed by atoms with van der Waals surface area (Å²) in [6, 6.07) is 15.0. The summed E-state index contributed by atoms with van der Waals surface area (Å²) < 4.78 is 6.84. The van der Waals surface area contributed by atoms with Gasteiger partial charge in [0, 0.05) is 36.1 Å². The number of carbonyl (C=O) groups is 3. The number of hydrogen-bond acceptors (Lipinski definition) is 5. The Kier molecular flexibility index (Phi) is 5.75. The van der Waals surface area contributed by atoms with E-state index in [4.69, 9.17) is 4.74 Å². The summed E-state index contributed by atoms with van der Waals surface area (Å²) in [6.45, 7) is 0.273. The lowest BCUT2D eigenvalue weighted by atomic mass is 10.1. The molecule has 0 bridgehead atoms. The molecule has 0 fully saturated rings. The van der Waals surface area contributed by atoms with Crippen molar-refractivity contribution >= 4 is 29.4 Å². The smallest absolute Gasteiger partial charge is 0.331 e. The predicted molar refractivity (Wildman–Crippen MR) is 116 cm³/mol. The van der Waals surface area contributed by atoms with Crippen LogP contribution in [0, 0.1) is 0 Å². The quantitative estimate of drug-likeness (QED) is 0.337.